The lowest BCUT2D eigenvalue weighted by Crippen LogP contribution is -2.51. The van der Waals surface area contributed by atoms with Gasteiger partial charge in [-0.15, -0.1) is 0 Å². The Morgan fingerprint density at radius 2 is 1.67 bits per heavy atom. The third kappa shape index (κ3) is 3.76. The lowest BCUT2D eigenvalue weighted by atomic mass is 9.83. The Bertz CT molecular complexity index is 197. The van der Waals surface area contributed by atoms with Gasteiger partial charge in [-0.2, -0.15) is 0 Å². The normalized spacial score (nSPS) is 23.4. The number of hydrogen-bond acceptors (Lipinski definition) is 2. The maximum atomic E-state index is 10.4. The van der Waals surface area contributed by atoms with E-state index < -0.39 is 5.60 Å². The minimum atomic E-state index is -0.393. The Morgan fingerprint density at radius 1 is 1.20 bits per heavy atom. The molecule has 0 spiro atoms. The van der Waals surface area contributed by atoms with Gasteiger partial charge in [-0.25, -0.2) is 0 Å². The molecular weight excluding hydrogens is 186 g/mol. The minimum absolute atomic E-state index is 0.249. The molecular formula is C13H27NO. The smallest absolute Gasteiger partial charge is 0.0674 e. The summed E-state index contributed by atoms with van der Waals surface area (Å²) in [6.45, 7) is 13.2. The summed E-state index contributed by atoms with van der Waals surface area (Å²) in [5, 5.41) is 10.4. The first-order valence-corrected chi connectivity index (χ1v) is 6.20. The predicted molar refractivity (Wildman–Crippen MR) is 65.0 cm³/mol. The van der Waals surface area contributed by atoms with Crippen LogP contribution in [-0.4, -0.2) is 34.2 Å². The SMILES string of the molecule is CC(C)CC1(O)CCN(C(C)(C)C)CC1. The lowest BCUT2D eigenvalue weighted by Gasteiger charge is -2.44. The van der Waals surface area contributed by atoms with E-state index in [9.17, 15) is 5.11 Å². The van der Waals surface area contributed by atoms with E-state index in [1.807, 2.05) is 0 Å². The zero-order valence-corrected chi connectivity index (χ0v) is 11.0. The van der Waals surface area contributed by atoms with E-state index in [0.29, 0.717) is 5.92 Å². The minimum Gasteiger partial charge on any atom is -0.390 e. The second-order valence-corrected chi connectivity index (χ2v) is 6.48. The average Bonchev–Trinajstić information content (AvgIpc) is 2.00. The Morgan fingerprint density at radius 3 is 2.00 bits per heavy atom. The van der Waals surface area contributed by atoms with E-state index in [-0.39, 0.29) is 5.54 Å². The summed E-state index contributed by atoms with van der Waals surface area (Å²) >= 11 is 0. The fourth-order valence-corrected chi connectivity index (χ4v) is 2.56. The van der Waals surface area contributed by atoms with Gasteiger partial charge in [-0.1, -0.05) is 13.8 Å². The maximum absolute atomic E-state index is 10.4. The molecule has 1 saturated heterocycles. The van der Waals surface area contributed by atoms with Gasteiger partial charge < -0.3 is 5.11 Å². The highest BCUT2D eigenvalue weighted by atomic mass is 16.3. The van der Waals surface area contributed by atoms with Crippen molar-refractivity contribution in [3.05, 3.63) is 0 Å². The summed E-state index contributed by atoms with van der Waals surface area (Å²) < 4.78 is 0. The molecule has 1 heterocycles. The summed E-state index contributed by atoms with van der Waals surface area (Å²) in [6.07, 6.45) is 2.82. The molecule has 15 heavy (non-hydrogen) atoms. The molecule has 0 radical (unpaired) electrons. The van der Waals surface area contributed by atoms with Crippen LogP contribution in [-0.2, 0) is 0 Å². The fourth-order valence-electron chi connectivity index (χ4n) is 2.56. The zero-order chi connectivity index (χ0) is 11.7. The van der Waals surface area contributed by atoms with Crippen LogP contribution >= 0.6 is 0 Å². The molecule has 1 N–H and O–H groups in total. The Hall–Kier alpha value is -0.0800. The summed E-state index contributed by atoms with van der Waals surface area (Å²) in [5.41, 5.74) is -0.144. The van der Waals surface area contributed by atoms with Crippen LogP contribution in [0.3, 0.4) is 0 Å². The van der Waals surface area contributed by atoms with Crippen LogP contribution in [0.2, 0.25) is 0 Å². The van der Waals surface area contributed by atoms with E-state index in [2.05, 4.69) is 39.5 Å². The van der Waals surface area contributed by atoms with Crippen molar-refractivity contribution in [3.8, 4) is 0 Å². The average molecular weight is 213 g/mol. The van der Waals surface area contributed by atoms with Crippen LogP contribution in [0.5, 0.6) is 0 Å². The topological polar surface area (TPSA) is 23.5 Å². The quantitative estimate of drug-likeness (QED) is 0.762. The van der Waals surface area contributed by atoms with E-state index in [0.717, 1.165) is 32.4 Å². The Labute approximate surface area is 94.7 Å². The first kappa shape index (κ1) is 13.0. The molecule has 0 unspecified atom stereocenters. The van der Waals surface area contributed by atoms with Crippen molar-refractivity contribution < 1.29 is 5.11 Å². The molecule has 0 aromatic heterocycles. The Balaban J connectivity index is 2.48. The predicted octanol–water partition coefficient (Wildman–Crippen LogP) is 2.66. The third-order valence-corrected chi connectivity index (χ3v) is 3.43. The Kier molecular flexibility index (Phi) is 3.83. The molecule has 90 valence electrons. The van der Waals surface area contributed by atoms with Crippen molar-refractivity contribution in [1.82, 2.24) is 4.90 Å². The zero-order valence-electron chi connectivity index (χ0n) is 11.0. The maximum Gasteiger partial charge on any atom is 0.0674 e. The van der Waals surface area contributed by atoms with Crippen molar-refractivity contribution in [2.24, 2.45) is 5.92 Å². The largest absolute Gasteiger partial charge is 0.390 e. The molecule has 0 saturated carbocycles. The van der Waals surface area contributed by atoms with E-state index in [1.165, 1.54) is 0 Å². The van der Waals surface area contributed by atoms with Crippen molar-refractivity contribution in [2.45, 2.75) is 65.0 Å². The molecule has 1 fully saturated rings. The highest BCUT2D eigenvalue weighted by Crippen LogP contribution is 2.31. The summed E-state index contributed by atoms with van der Waals surface area (Å²) in [7, 11) is 0. The van der Waals surface area contributed by atoms with Crippen LogP contribution in [0.4, 0.5) is 0 Å². The number of piperidine rings is 1. The number of rotatable bonds is 2. The van der Waals surface area contributed by atoms with E-state index >= 15 is 0 Å². The van der Waals surface area contributed by atoms with E-state index in [1.54, 1.807) is 0 Å². The van der Waals surface area contributed by atoms with Gasteiger partial charge >= 0.3 is 0 Å². The molecule has 2 nitrogen and oxygen atoms in total. The highest BCUT2D eigenvalue weighted by Gasteiger charge is 2.35. The molecule has 0 atom stereocenters. The standard InChI is InChI=1S/C13H27NO/c1-11(2)10-13(15)6-8-14(9-7-13)12(3,4)5/h11,15H,6-10H2,1-5H3. The molecule has 2 heteroatoms. The molecule has 0 aromatic carbocycles. The van der Waals surface area contributed by atoms with Crippen molar-refractivity contribution in [3.63, 3.8) is 0 Å². The third-order valence-electron chi connectivity index (χ3n) is 3.43. The molecule has 1 aliphatic rings. The van der Waals surface area contributed by atoms with Gasteiger partial charge in [0.15, 0.2) is 0 Å². The number of nitrogens with zero attached hydrogens (tertiary/aromatic N) is 1. The second-order valence-electron chi connectivity index (χ2n) is 6.48. The first-order chi connectivity index (χ1) is 6.73. The molecule has 0 aliphatic carbocycles. The highest BCUT2D eigenvalue weighted by molar-refractivity contribution is 4.90. The van der Waals surface area contributed by atoms with E-state index in [4.69, 9.17) is 0 Å². The van der Waals surface area contributed by atoms with Gasteiger partial charge in [0.2, 0.25) is 0 Å². The van der Waals surface area contributed by atoms with Gasteiger partial charge in [0, 0.05) is 18.6 Å². The molecule has 0 amide bonds. The van der Waals surface area contributed by atoms with Crippen LogP contribution in [0.15, 0.2) is 0 Å². The lowest BCUT2D eigenvalue weighted by molar-refractivity contribution is -0.0537. The van der Waals surface area contributed by atoms with Gasteiger partial charge in [0.1, 0.15) is 0 Å². The molecule has 1 rings (SSSR count). The summed E-state index contributed by atoms with van der Waals surface area (Å²) in [6, 6.07) is 0. The van der Waals surface area contributed by atoms with Crippen molar-refractivity contribution >= 4 is 0 Å². The first-order valence-electron chi connectivity index (χ1n) is 6.20. The van der Waals surface area contributed by atoms with Crippen molar-refractivity contribution in [2.75, 3.05) is 13.1 Å². The van der Waals surface area contributed by atoms with Gasteiger partial charge in [-0.05, 0) is 46.0 Å². The molecule has 0 aromatic rings. The van der Waals surface area contributed by atoms with Crippen molar-refractivity contribution in [1.29, 1.82) is 0 Å². The fraction of sp³-hybridized carbons (Fsp3) is 1.00. The van der Waals surface area contributed by atoms with Gasteiger partial charge in [-0.3, -0.25) is 4.90 Å². The molecule has 1 aliphatic heterocycles. The second kappa shape index (κ2) is 4.42. The summed E-state index contributed by atoms with van der Waals surface area (Å²) in [4.78, 5) is 2.47. The molecule has 0 bridgehead atoms. The van der Waals surface area contributed by atoms with Gasteiger partial charge in [0.05, 0.1) is 5.60 Å². The van der Waals surface area contributed by atoms with Gasteiger partial charge in [0.25, 0.3) is 0 Å². The summed E-state index contributed by atoms with van der Waals surface area (Å²) in [5.74, 6) is 0.594. The number of aliphatic hydroxyl groups is 1. The van der Waals surface area contributed by atoms with Crippen LogP contribution in [0.25, 0.3) is 0 Å². The van der Waals surface area contributed by atoms with Crippen LogP contribution in [0.1, 0.15) is 53.9 Å². The van der Waals surface area contributed by atoms with Crippen LogP contribution in [0, 0.1) is 5.92 Å². The monoisotopic (exact) mass is 213 g/mol. The number of hydrogen-bond donors (Lipinski definition) is 1. The number of likely N-dealkylation sites (tertiary alicyclic amines) is 1. The van der Waals surface area contributed by atoms with Crippen LogP contribution < -0.4 is 0 Å².